The maximum Gasteiger partial charge on any atom is 0.246 e. The quantitative estimate of drug-likeness (QED) is 0.731. The van der Waals surface area contributed by atoms with E-state index in [1.165, 1.54) is 36.4 Å². The van der Waals surface area contributed by atoms with Gasteiger partial charge in [-0.3, -0.25) is 9.59 Å². The molecule has 2 amide bonds. The van der Waals surface area contributed by atoms with E-state index >= 15 is 0 Å². The van der Waals surface area contributed by atoms with E-state index in [9.17, 15) is 18.4 Å². The fraction of sp³-hybridized carbons (Fsp3) is 0.250. The topological polar surface area (TPSA) is 49.4 Å². The lowest BCUT2D eigenvalue weighted by atomic mass is 9.96. The number of hydrogen-bond donors (Lipinski definition) is 1. The van der Waals surface area contributed by atoms with Crippen LogP contribution >= 0.6 is 0 Å². The molecule has 2 aromatic carbocycles. The second-order valence-electron chi connectivity index (χ2n) is 7.28. The number of rotatable bonds is 6. The van der Waals surface area contributed by atoms with E-state index in [-0.39, 0.29) is 23.4 Å². The molecule has 0 spiro atoms. The normalized spacial score (nSPS) is 15.1. The lowest BCUT2D eigenvalue weighted by molar-refractivity contribution is -0.127. The van der Waals surface area contributed by atoms with Gasteiger partial charge >= 0.3 is 0 Å². The summed E-state index contributed by atoms with van der Waals surface area (Å²) in [5.41, 5.74) is 1.53. The van der Waals surface area contributed by atoms with Crippen LogP contribution in [0.2, 0.25) is 0 Å². The highest BCUT2D eigenvalue weighted by Crippen LogP contribution is 2.17. The van der Waals surface area contributed by atoms with Crippen LogP contribution in [0.4, 0.5) is 8.78 Å². The van der Waals surface area contributed by atoms with Gasteiger partial charge in [-0.25, -0.2) is 8.78 Å². The minimum absolute atomic E-state index is 0.0657. The van der Waals surface area contributed by atoms with Gasteiger partial charge in [0.1, 0.15) is 11.6 Å². The second-order valence-corrected chi connectivity index (χ2v) is 7.28. The maximum absolute atomic E-state index is 12.9. The molecule has 0 aliphatic carbocycles. The van der Waals surface area contributed by atoms with Crippen molar-refractivity contribution in [1.29, 1.82) is 0 Å². The van der Waals surface area contributed by atoms with Crippen LogP contribution in [0.25, 0.3) is 12.2 Å². The third-order valence-corrected chi connectivity index (χ3v) is 5.08. The molecule has 0 unspecified atom stereocenters. The lowest BCUT2D eigenvalue weighted by Gasteiger charge is -2.31. The summed E-state index contributed by atoms with van der Waals surface area (Å²) >= 11 is 0. The Morgan fingerprint density at radius 3 is 1.90 bits per heavy atom. The van der Waals surface area contributed by atoms with Gasteiger partial charge < -0.3 is 10.2 Å². The van der Waals surface area contributed by atoms with E-state index in [0.29, 0.717) is 25.6 Å². The van der Waals surface area contributed by atoms with Crippen LogP contribution in [0.3, 0.4) is 0 Å². The number of benzene rings is 2. The number of carbonyl (C=O) groups excluding carboxylic acids is 2. The number of piperidine rings is 1. The molecule has 4 nitrogen and oxygen atoms in total. The standard InChI is InChI=1S/C24H24F2N2O2/c25-21-7-1-18(2-8-21)5-11-23(29)27-17-20-13-15-28(16-14-20)24(30)12-6-19-3-9-22(26)10-4-19/h1-12,20H,13-17H2,(H,27,29)/b11-5+,12-6+. The first-order valence-corrected chi connectivity index (χ1v) is 9.93. The van der Waals surface area contributed by atoms with Gasteiger partial charge in [-0.15, -0.1) is 0 Å². The fourth-order valence-corrected chi connectivity index (χ4v) is 3.25. The molecular weight excluding hydrogens is 386 g/mol. The van der Waals surface area contributed by atoms with Crippen molar-refractivity contribution in [3.05, 3.63) is 83.4 Å². The number of nitrogens with one attached hydrogen (secondary N) is 1. The van der Waals surface area contributed by atoms with Crippen LogP contribution < -0.4 is 5.32 Å². The summed E-state index contributed by atoms with van der Waals surface area (Å²) in [4.78, 5) is 26.1. The van der Waals surface area contributed by atoms with E-state index in [1.807, 2.05) is 0 Å². The predicted octanol–water partition coefficient (Wildman–Crippen LogP) is 4.05. The predicted molar refractivity (Wildman–Crippen MR) is 113 cm³/mol. The van der Waals surface area contributed by atoms with Gasteiger partial charge in [0.2, 0.25) is 11.8 Å². The third-order valence-electron chi connectivity index (χ3n) is 5.08. The van der Waals surface area contributed by atoms with Gasteiger partial charge in [-0.1, -0.05) is 24.3 Å². The zero-order valence-electron chi connectivity index (χ0n) is 16.6. The molecule has 3 rings (SSSR count). The van der Waals surface area contributed by atoms with Gasteiger partial charge in [0.25, 0.3) is 0 Å². The number of nitrogens with zero attached hydrogens (tertiary/aromatic N) is 1. The summed E-state index contributed by atoms with van der Waals surface area (Å²) in [5, 5.41) is 2.88. The van der Waals surface area contributed by atoms with E-state index in [4.69, 9.17) is 0 Å². The molecule has 1 aliphatic heterocycles. The molecule has 6 heteroatoms. The first-order chi connectivity index (χ1) is 14.5. The summed E-state index contributed by atoms with van der Waals surface area (Å²) in [6, 6.07) is 11.9. The van der Waals surface area contributed by atoms with Crippen molar-refractivity contribution in [2.75, 3.05) is 19.6 Å². The maximum atomic E-state index is 12.9. The highest BCUT2D eigenvalue weighted by Gasteiger charge is 2.21. The number of hydrogen-bond acceptors (Lipinski definition) is 2. The Kier molecular flexibility index (Phi) is 7.49. The van der Waals surface area contributed by atoms with Crippen LogP contribution in [0, 0.1) is 17.6 Å². The Bertz CT molecular complexity index is 913. The largest absolute Gasteiger partial charge is 0.352 e. The molecule has 156 valence electrons. The SMILES string of the molecule is O=C(/C=C/c1ccc(F)cc1)NCC1CCN(C(=O)/C=C/c2ccc(F)cc2)CC1. The van der Waals surface area contributed by atoms with Gasteiger partial charge in [0.05, 0.1) is 0 Å². The van der Waals surface area contributed by atoms with Crippen LogP contribution in [-0.2, 0) is 9.59 Å². The molecule has 1 fully saturated rings. The van der Waals surface area contributed by atoms with Crippen molar-refractivity contribution in [2.45, 2.75) is 12.8 Å². The minimum Gasteiger partial charge on any atom is -0.352 e. The molecule has 0 atom stereocenters. The van der Waals surface area contributed by atoms with Crippen molar-refractivity contribution < 1.29 is 18.4 Å². The highest BCUT2D eigenvalue weighted by molar-refractivity contribution is 5.92. The molecule has 30 heavy (non-hydrogen) atoms. The first kappa shape index (κ1) is 21.4. The summed E-state index contributed by atoms with van der Waals surface area (Å²) in [7, 11) is 0. The average Bonchev–Trinajstić information content (AvgIpc) is 2.77. The average molecular weight is 410 g/mol. The van der Waals surface area contributed by atoms with Crippen LogP contribution in [-0.4, -0.2) is 36.3 Å². The zero-order valence-corrected chi connectivity index (χ0v) is 16.6. The monoisotopic (exact) mass is 410 g/mol. The number of amides is 2. The summed E-state index contributed by atoms with van der Waals surface area (Å²) < 4.78 is 25.8. The van der Waals surface area contributed by atoms with E-state index in [2.05, 4.69) is 5.32 Å². The second kappa shape index (κ2) is 10.5. The van der Waals surface area contributed by atoms with Gasteiger partial charge in [0, 0.05) is 31.8 Å². The Morgan fingerprint density at radius 1 is 0.867 bits per heavy atom. The van der Waals surface area contributed by atoms with Crippen molar-refractivity contribution in [1.82, 2.24) is 10.2 Å². The van der Waals surface area contributed by atoms with Crippen LogP contribution in [0.1, 0.15) is 24.0 Å². The van der Waals surface area contributed by atoms with E-state index < -0.39 is 0 Å². The number of carbonyl (C=O) groups is 2. The molecule has 0 radical (unpaired) electrons. The third kappa shape index (κ3) is 6.65. The van der Waals surface area contributed by atoms with Crippen molar-refractivity contribution in [3.63, 3.8) is 0 Å². The van der Waals surface area contributed by atoms with Crippen LogP contribution in [0.15, 0.2) is 60.7 Å². The lowest BCUT2D eigenvalue weighted by Crippen LogP contribution is -2.40. The first-order valence-electron chi connectivity index (χ1n) is 9.93. The molecular formula is C24H24F2N2O2. The summed E-state index contributed by atoms with van der Waals surface area (Å²) in [6.07, 6.45) is 7.91. The smallest absolute Gasteiger partial charge is 0.246 e. The van der Waals surface area contributed by atoms with Gasteiger partial charge in [-0.2, -0.15) is 0 Å². The molecule has 1 heterocycles. The number of likely N-dealkylation sites (tertiary alicyclic amines) is 1. The molecule has 0 aromatic heterocycles. The molecule has 0 bridgehead atoms. The minimum atomic E-state index is -0.313. The van der Waals surface area contributed by atoms with E-state index in [1.54, 1.807) is 41.3 Å². The Morgan fingerprint density at radius 2 is 1.37 bits per heavy atom. The van der Waals surface area contributed by atoms with E-state index in [0.717, 1.165) is 24.0 Å². The summed E-state index contributed by atoms with van der Waals surface area (Å²) in [5.74, 6) is -0.562. The zero-order chi connectivity index (χ0) is 21.3. The molecule has 1 N–H and O–H groups in total. The molecule has 0 saturated carbocycles. The Labute approximate surface area is 174 Å². The van der Waals surface area contributed by atoms with Gasteiger partial charge in [-0.05, 0) is 66.3 Å². The molecule has 2 aromatic rings. The van der Waals surface area contributed by atoms with Crippen molar-refractivity contribution >= 4 is 24.0 Å². The van der Waals surface area contributed by atoms with Crippen LogP contribution in [0.5, 0.6) is 0 Å². The Hall–Kier alpha value is -3.28. The van der Waals surface area contributed by atoms with Crippen molar-refractivity contribution in [2.24, 2.45) is 5.92 Å². The van der Waals surface area contributed by atoms with Crippen molar-refractivity contribution in [3.8, 4) is 0 Å². The number of halogens is 2. The summed E-state index contributed by atoms with van der Waals surface area (Å²) in [6.45, 7) is 1.83. The fourth-order valence-electron chi connectivity index (χ4n) is 3.25. The van der Waals surface area contributed by atoms with Gasteiger partial charge in [0.15, 0.2) is 0 Å². The molecule has 1 aliphatic rings. The molecule has 1 saturated heterocycles. The Balaban J connectivity index is 1.38. The highest BCUT2D eigenvalue weighted by atomic mass is 19.1.